The number of carbonyl (C=O) groups is 7. The zero-order chi connectivity index (χ0) is 31.4. The van der Waals surface area contributed by atoms with E-state index < -0.39 is 60.3 Å². The molecule has 0 spiro atoms. The monoisotopic (exact) mass is 597 g/mol. The molecule has 3 aliphatic rings. The molecular weight excluding hydrogens is 561 g/mol. The highest BCUT2D eigenvalue weighted by molar-refractivity contribution is 6.47. The molecule has 0 aromatic heterocycles. The van der Waals surface area contributed by atoms with Gasteiger partial charge in [0.1, 0.15) is 5.75 Å². The number of carbonyl (C=O) groups excluding carboxylic acids is 7. The van der Waals surface area contributed by atoms with Gasteiger partial charge in [-0.1, -0.05) is 18.2 Å². The Balaban J connectivity index is 1.48. The van der Waals surface area contributed by atoms with E-state index in [9.17, 15) is 38.6 Å². The van der Waals surface area contributed by atoms with Gasteiger partial charge >= 0.3 is 36.8 Å². The second-order valence-corrected chi connectivity index (χ2v) is 10.8. The summed E-state index contributed by atoms with van der Waals surface area (Å²) in [4.78, 5) is 93.6. The van der Waals surface area contributed by atoms with Crippen molar-refractivity contribution >= 4 is 48.5 Å². The van der Waals surface area contributed by atoms with Crippen LogP contribution in [0, 0.1) is 6.92 Å². The summed E-state index contributed by atoms with van der Waals surface area (Å²) in [6.45, 7) is 6.13. The number of para-hydroxylation sites is 1. The van der Waals surface area contributed by atoms with Gasteiger partial charge in [0.2, 0.25) is 5.91 Å². The molecular formula is C28H36BN5O9. The molecule has 2 atom stereocenters. The SMILES string of the molecule is CCN1CCN(C(=O)CC[C@@H](NC(=O)N2CCN(CC)C(=O)C2=O)C(=O)C[C@H]2Cc3cccc(C)c3OB2O)C(=O)C1=O. The average Bonchev–Trinajstić information content (AvgIpc) is 2.98. The van der Waals surface area contributed by atoms with E-state index in [1.165, 1.54) is 9.80 Å². The average molecular weight is 597 g/mol. The molecule has 0 bridgehead atoms. The van der Waals surface area contributed by atoms with E-state index in [-0.39, 0.29) is 45.4 Å². The number of hydrogen-bond acceptors (Lipinski definition) is 9. The molecule has 2 fully saturated rings. The van der Waals surface area contributed by atoms with Crippen LogP contribution in [-0.2, 0) is 35.2 Å². The molecule has 1 aromatic rings. The van der Waals surface area contributed by atoms with Gasteiger partial charge in [0.25, 0.3) is 0 Å². The van der Waals surface area contributed by atoms with E-state index in [0.717, 1.165) is 20.9 Å². The second kappa shape index (κ2) is 13.4. The van der Waals surface area contributed by atoms with E-state index >= 15 is 0 Å². The molecule has 0 unspecified atom stereocenters. The number of aryl methyl sites for hydroxylation is 1. The Morgan fingerprint density at radius 1 is 0.953 bits per heavy atom. The first-order chi connectivity index (χ1) is 20.5. The van der Waals surface area contributed by atoms with Crippen LogP contribution >= 0.6 is 0 Å². The summed E-state index contributed by atoms with van der Waals surface area (Å²) >= 11 is 0. The van der Waals surface area contributed by atoms with E-state index in [0.29, 0.717) is 25.3 Å². The lowest BCUT2D eigenvalue weighted by Crippen LogP contribution is -2.60. The van der Waals surface area contributed by atoms with Crippen LogP contribution in [0.5, 0.6) is 5.75 Å². The zero-order valence-corrected chi connectivity index (χ0v) is 24.5. The number of piperazine rings is 2. The maximum Gasteiger partial charge on any atom is 0.526 e. The predicted molar refractivity (Wildman–Crippen MR) is 151 cm³/mol. The number of imide groups is 2. The minimum atomic E-state index is -1.30. The van der Waals surface area contributed by atoms with Crippen molar-refractivity contribution in [3.05, 3.63) is 29.3 Å². The maximum atomic E-state index is 13.6. The lowest BCUT2D eigenvalue weighted by atomic mass is 9.64. The summed E-state index contributed by atoms with van der Waals surface area (Å²) in [5.41, 5.74) is 1.64. The molecule has 43 heavy (non-hydrogen) atoms. The van der Waals surface area contributed by atoms with Gasteiger partial charge in [-0.05, 0) is 44.7 Å². The topological polar surface area (TPSA) is 174 Å². The van der Waals surface area contributed by atoms with Gasteiger partial charge in [0, 0.05) is 57.9 Å². The highest BCUT2D eigenvalue weighted by atomic mass is 16.5. The van der Waals surface area contributed by atoms with Crippen molar-refractivity contribution < 1.29 is 43.2 Å². The van der Waals surface area contributed by atoms with Gasteiger partial charge < -0.3 is 24.8 Å². The van der Waals surface area contributed by atoms with Gasteiger partial charge in [-0.3, -0.25) is 38.6 Å². The Hall–Kier alpha value is -4.27. The Morgan fingerprint density at radius 2 is 1.56 bits per heavy atom. The molecule has 0 aliphatic carbocycles. The number of amides is 7. The number of nitrogens with one attached hydrogen (secondary N) is 1. The van der Waals surface area contributed by atoms with Crippen LogP contribution in [0.25, 0.3) is 0 Å². The molecule has 14 nitrogen and oxygen atoms in total. The number of ketones is 1. The fourth-order valence-corrected chi connectivity index (χ4v) is 5.54. The van der Waals surface area contributed by atoms with Gasteiger partial charge in [-0.25, -0.2) is 4.79 Å². The first-order valence-corrected chi connectivity index (χ1v) is 14.5. The maximum absolute atomic E-state index is 13.6. The molecule has 4 rings (SSSR count). The minimum Gasteiger partial charge on any atom is -0.536 e. The van der Waals surface area contributed by atoms with Crippen molar-refractivity contribution in [2.45, 2.75) is 58.3 Å². The first kappa shape index (κ1) is 31.7. The van der Waals surface area contributed by atoms with Crippen LogP contribution in [0.15, 0.2) is 18.2 Å². The normalized spacial score (nSPS) is 19.7. The van der Waals surface area contributed by atoms with Crippen molar-refractivity contribution in [2.24, 2.45) is 0 Å². The third-order valence-electron chi connectivity index (χ3n) is 8.14. The fraction of sp³-hybridized carbons (Fsp3) is 0.536. The van der Waals surface area contributed by atoms with Crippen LogP contribution in [0.2, 0.25) is 5.82 Å². The van der Waals surface area contributed by atoms with E-state index in [2.05, 4.69) is 5.32 Å². The number of fused-ring (bicyclic) bond motifs is 1. The summed E-state index contributed by atoms with van der Waals surface area (Å²) < 4.78 is 5.68. The number of hydrogen-bond donors (Lipinski definition) is 2. The molecule has 0 saturated carbocycles. The van der Waals surface area contributed by atoms with Crippen molar-refractivity contribution in [1.82, 2.24) is 24.9 Å². The minimum absolute atomic E-state index is 0.00493. The Kier molecular flexibility index (Phi) is 9.84. The second-order valence-electron chi connectivity index (χ2n) is 10.8. The van der Waals surface area contributed by atoms with E-state index in [1.54, 1.807) is 13.8 Å². The van der Waals surface area contributed by atoms with Crippen molar-refractivity contribution in [3.63, 3.8) is 0 Å². The van der Waals surface area contributed by atoms with Crippen molar-refractivity contribution in [2.75, 3.05) is 39.3 Å². The number of urea groups is 1. The van der Waals surface area contributed by atoms with Gasteiger partial charge in [0.05, 0.1) is 6.04 Å². The van der Waals surface area contributed by atoms with Crippen LogP contribution in [-0.4, -0.2) is 118 Å². The molecule has 230 valence electrons. The molecule has 7 amide bonds. The predicted octanol–water partition coefficient (Wildman–Crippen LogP) is -0.494. The Bertz CT molecular complexity index is 1340. The standard InChI is InChI=1S/C28H36BN5O9/c1-4-31-11-13-33(26(39)24(31)37)22(36)10-9-20(30-28(41)34-14-12-32(5-2)25(38)27(34)40)21(35)16-19-15-18-8-6-7-17(3)23(18)43-29(19)42/h6-8,19-20,42H,4-5,9-16H2,1-3H3,(H,30,41)/t19-,20-/m1/s1. The molecule has 2 saturated heterocycles. The Morgan fingerprint density at radius 3 is 2.19 bits per heavy atom. The van der Waals surface area contributed by atoms with Crippen LogP contribution < -0.4 is 9.97 Å². The zero-order valence-electron chi connectivity index (χ0n) is 24.5. The Labute approximate surface area is 249 Å². The van der Waals surface area contributed by atoms with E-state index in [4.69, 9.17) is 4.65 Å². The molecule has 3 heterocycles. The number of likely N-dealkylation sites (N-methyl/N-ethyl adjacent to an activating group) is 2. The number of rotatable bonds is 9. The van der Waals surface area contributed by atoms with Gasteiger partial charge in [0.15, 0.2) is 5.78 Å². The number of benzene rings is 1. The smallest absolute Gasteiger partial charge is 0.526 e. The summed E-state index contributed by atoms with van der Waals surface area (Å²) in [6, 6.07) is 3.25. The lowest BCUT2D eigenvalue weighted by Gasteiger charge is -2.33. The van der Waals surface area contributed by atoms with Gasteiger partial charge in [-0.2, -0.15) is 0 Å². The van der Waals surface area contributed by atoms with Crippen LogP contribution in [0.3, 0.4) is 0 Å². The highest BCUT2D eigenvalue weighted by Crippen LogP contribution is 2.36. The third kappa shape index (κ3) is 6.71. The molecule has 15 heteroatoms. The largest absolute Gasteiger partial charge is 0.536 e. The number of nitrogens with zero attached hydrogens (tertiary/aromatic N) is 4. The molecule has 0 radical (unpaired) electrons. The van der Waals surface area contributed by atoms with Gasteiger partial charge in [-0.15, -0.1) is 0 Å². The summed E-state index contributed by atoms with van der Waals surface area (Å²) in [5, 5.41) is 13.2. The highest BCUT2D eigenvalue weighted by Gasteiger charge is 2.41. The van der Waals surface area contributed by atoms with E-state index in [1.807, 2.05) is 25.1 Å². The first-order valence-electron chi connectivity index (χ1n) is 14.5. The van der Waals surface area contributed by atoms with Crippen LogP contribution in [0.1, 0.15) is 44.2 Å². The quantitative estimate of drug-likeness (QED) is 0.281. The third-order valence-corrected chi connectivity index (χ3v) is 8.14. The summed E-state index contributed by atoms with van der Waals surface area (Å²) in [5.74, 6) is -4.95. The summed E-state index contributed by atoms with van der Waals surface area (Å²) in [6.07, 6.45) is -0.496. The molecule has 3 aliphatic heterocycles. The van der Waals surface area contributed by atoms with Crippen LogP contribution in [0.4, 0.5) is 4.79 Å². The molecule has 1 aromatic carbocycles. The van der Waals surface area contributed by atoms with Crippen molar-refractivity contribution in [1.29, 1.82) is 0 Å². The number of Topliss-reactive ketones (excluding diaryl/α,β-unsaturated/α-hetero) is 1. The molecule has 2 N–H and O–H groups in total. The summed E-state index contributed by atoms with van der Waals surface area (Å²) in [7, 11) is -1.30. The van der Waals surface area contributed by atoms with Crippen molar-refractivity contribution in [3.8, 4) is 5.75 Å². The lowest BCUT2D eigenvalue weighted by molar-refractivity contribution is -0.161. The fourth-order valence-electron chi connectivity index (χ4n) is 5.54.